The van der Waals surface area contributed by atoms with Gasteiger partial charge in [0.05, 0.1) is 18.4 Å². The Bertz CT molecular complexity index is 517. The van der Waals surface area contributed by atoms with Crippen LogP contribution in [0.3, 0.4) is 0 Å². The molecule has 0 radical (unpaired) electrons. The highest BCUT2D eigenvalue weighted by molar-refractivity contribution is 5.95. The number of ether oxygens (including phenoxy) is 1. The number of hydrogen-bond acceptors (Lipinski definition) is 3. The Morgan fingerprint density at radius 3 is 2.88 bits per heavy atom. The molecule has 0 aliphatic rings. The number of esters is 1. The predicted octanol–water partition coefficient (Wildman–Crippen LogP) is 1.87. The van der Waals surface area contributed by atoms with E-state index in [0.717, 1.165) is 5.56 Å². The molecule has 0 spiro atoms. The third kappa shape index (κ3) is 1.82. The molecule has 82 valence electrons. The van der Waals surface area contributed by atoms with Gasteiger partial charge in [-0.2, -0.15) is 0 Å². The fourth-order valence-electron chi connectivity index (χ4n) is 1.55. The minimum atomic E-state index is -0.369. The molecule has 2 rings (SSSR count). The van der Waals surface area contributed by atoms with Gasteiger partial charge in [-0.25, -0.2) is 4.79 Å². The number of rotatable bonds is 2. The lowest BCUT2D eigenvalue weighted by Gasteiger charge is -2.04. The van der Waals surface area contributed by atoms with Gasteiger partial charge < -0.3 is 9.30 Å². The highest BCUT2D eigenvalue weighted by Crippen LogP contribution is 2.21. The number of aromatic nitrogens is 2. The predicted molar refractivity (Wildman–Crippen MR) is 60.0 cm³/mol. The van der Waals surface area contributed by atoms with Crippen LogP contribution in [0, 0.1) is 0 Å². The number of carbonyl (C=O) groups is 1. The molecule has 0 aliphatic heterocycles. The summed E-state index contributed by atoms with van der Waals surface area (Å²) in [6.45, 7) is 0. The molecule has 2 aromatic heterocycles. The molecule has 0 aliphatic carbocycles. The van der Waals surface area contributed by atoms with Crippen molar-refractivity contribution in [1.29, 1.82) is 0 Å². The standard InChI is InChI=1S/C12H12N2O2/c1-14-7-5-9(8-14)11-10(12(15)16-2)4-3-6-13-11/h3-8H,1-2H3. The summed E-state index contributed by atoms with van der Waals surface area (Å²) in [6.07, 6.45) is 5.48. The highest BCUT2D eigenvalue weighted by Gasteiger charge is 2.14. The molecule has 0 unspecified atom stereocenters. The SMILES string of the molecule is COC(=O)c1cccnc1-c1ccn(C)c1. The van der Waals surface area contributed by atoms with Crippen molar-refractivity contribution in [1.82, 2.24) is 9.55 Å². The molecule has 0 amide bonds. The Hall–Kier alpha value is -2.10. The van der Waals surface area contributed by atoms with Crippen molar-refractivity contribution in [3.05, 3.63) is 42.4 Å². The first-order valence-electron chi connectivity index (χ1n) is 4.88. The molecule has 4 nitrogen and oxygen atoms in total. The van der Waals surface area contributed by atoms with Gasteiger partial charge >= 0.3 is 5.97 Å². The zero-order valence-electron chi connectivity index (χ0n) is 9.18. The van der Waals surface area contributed by atoms with Crippen LogP contribution < -0.4 is 0 Å². The van der Waals surface area contributed by atoms with Crippen molar-refractivity contribution in [2.24, 2.45) is 7.05 Å². The minimum Gasteiger partial charge on any atom is -0.465 e. The van der Waals surface area contributed by atoms with Crippen molar-refractivity contribution in [2.45, 2.75) is 0 Å². The Labute approximate surface area is 93.5 Å². The average molecular weight is 216 g/mol. The second kappa shape index (κ2) is 4.18. The molecule has 0 bridgehead atoms. The van der Waals surface area contributed by atoms with E-state index in [2.05, 4.69) is 4.98 Å². The number of nitrogens with zero attached hydrogens (tertiary/aromatic N) is 2. The Morgan fingerprint density at radius 1 is 1.44 bits per heavy atom. The topological polar surface area (TPSA) is 44.1 Å². The number of carbonyl (C=O) groups excluding carboxylic acids is 1. The lowest BCUT2D eigenvalue weighted by Crippen LogP contribution is -2.04. The fraction of sp³-hybridized carbons (Fsp3) is 0.167. The summed E-state index contributed by atoms with van der Waals surface area (Å²) in [6, 6.07) is 5.34. The van der Waals surface area contributed by atoms with Crippen LogP contribution in [-0.4, -0.2) is 22.6 Å². The zero-order chi connectivity index (χ0) is 11.5. The molecular formula is C12H12N2O2. The summed E-state index contributed by atoms with van der Waals surface area (Å²) < 4.78 is 6.63. The molecule has 0 saturated carbocycles. The van der Waals surface area contributed by atoms with Crippen molar-refractivity contribution in [3.8, 4) is 11.3 Å². The molecule has 0 saturated heterocycles. The van der Waals surface area contributed by atoms with E-state index in [1.54, 1.807) is 18.3 Å². The second-order valence-corrected chi connectivity index (χ2v) is 3.46. The molecule has 2 aromatic rings. The van der Waals surface area contributed by atoms with Crippen LogP contribution in [0.15, 0.2) is 36.8 Å². The van der Waals surface area contributed by atoms with Gasteiger partial charge in [-0.05, 0) is 18.2 Å². The molecule has 0 aromatic carbocycles. The van der Waals surface area contributed by atoms with Crippen molar-refractivity contribution < 1.29 is 9.53 Å². The van der Waals surface area contributed by atoms with Gasteiger partial charge in [-0.15, -0.1) is 0 Å². The first kappa shape index (κ1) is 10.4. The molecule has 0 fully saturated rings. The maximum Gasteiger partial charge on any atom is 0.340 e. The van der Waals surface area contributed by atoms with Gasteiger partial charge in [-0.1, -0.05) is 0 Å². The summed E-state index contributed by atoms with van der Waals surface area (Å²) in [7, 11) is 3.29. The molecule has 16 heavy (non-hydrogen) atoms. The van der Waals surface area contributed by atoms with Gasteiger partial charge in [0.15, 0.2) is 0 Å². The molecular weight excluding hydrogens is 204 g/mol. The fourth-order valence-corrected chi connectivity index (χ4v) is 1.55. The van der Waals surface area contributed by atoms with Gasteiger partial charge in [0.1, 0.15) is 0 Å². The summed E-state index contributed by atoms with van der Waals surface area (Å²) in [4.78, 5) is 15.8. The van der Waals surface area contributed by atoms with Crippen LogP contribution in [0.1, 0.15) is 10.4 Å². The second-order valence-electron chi connectivity index (χ2n) is 3.46. The van der Waals surface area contributed by atoms with Crippen LogP contribution in [0.5, 0.6) is 0 Å². The largest absolute Gasteiger partial charge is 0.465 e. The van der Waals surface area contributed by atoms with Crippen molar-refractivity contribution in [3.63, 3.8) is 0 Å². The lowest BCUT2D eigenvalue weighted by atomic mass is 10.1. The first-order chi connectivity index (χ1) is 7.72. The van der Waals surface area contributed by atoms with E-state index in [1.165, 1.54) is 7.11 Å². The van der Waals surface area contributed by atoms with Gasteiger partial charge in [0, 0.05) is 31.2 Å². The smallest absolute Gasteiger partial charge is 0.340 e. The van der Waals surface area contributed by atoms with Crippen LogP contribution in [0.2, 0.25) is 0 Å². The average Bonchev–Trinajstić information content (AvgIpc) is 2.75. The quantitative estimate of drug-likeness (QED) is 0.720. The van der Waals surface area contributed by atoms with Gasteiger partial charge in [0.25, 0.3) is 0 Å². The maximum atomic E-state index is 11.5. The zero-order valence-corrected chi connectivity index (χ0v) is 9.18. The minimum absolute atomic E-state index is 0.369. The van der Waals surface area contributed by atoms with E-state index in [-0.39, 0.29) is 5.97 Å². The molecule has 0 N–H and O–H groups in total. The summed E-state index contributed by atoms with van der Waals surface area (Å²) in [5.74, 6) is -0.369. The number of methoxy groups -OCH3 is 1. The van der Waals surface area contributed by atoms with Crippen LogP contribution >= 0.6 is 0 Å². The normalized spacial score (nSPS) is 10.1. The Kier molecular flexibility index (Phi) is 2.72. The Morgan fingerprint density at radius 2 is 2.25 bits per heavy atom. The summed E-state index contributed by atoms with van der Waals surface area (Å²) in [5.41, 5.74) is 2.04. The van der Waals surface area contributed by atoms with E-state index in [0.29, 0.717) is 11.3 Å². The summed E-state index contributed by atoms with van der Waals surface area (Å²) in [5, 5.41) is 0. The van der Waals surface area contributed by atoms with Crippen LogP contribution in [0.4, 0.5) is 0 Å². The number of pyridine rings is 1. The highest BCUT2D eigenvalue weighted by atomic mass is 16.5. The van der Waals surface area contributed by atoms with Crippen LogP contribution in [0.25, 0.3) is 11.3 Å². The molecule has 4 heteroatoms. The number of aryl methyl sites for hydroxylation is 1. The van der Waals surface area contributed by atoms with Crippen molar-refractivity contribution >= 4 is 5.97 Å². The third-order valence-electron chi connectivity index (χ3n) is 2.32. The maximum absolute atomic E-state index is 11.5. The first-order valence-corrected chi connectivity index (χ1v) is 4.88. The molecule has 2 heterocycles. The molecule has 0 atom stereocenters. The Balaban J connectivity index is 2.52. The van der Waals surface area contributed by atoms with E-state index in [4.69, 9.17) is 4.74 Å². The van der Waals surface area contributed by atoms with Gasteiger partial charge in [-0.3, -0.25) is 4.98 Å². The van der Waals surface area contributed by atoms with E-state index in [1.807, 2.05) is 30.1 Å². The monoisotopic (exact) mass is 216 g/mol. The third-order valence-corrected chi connectivity index (χ3v) is 2.32. The van der Waals surface area contributed by atoms with E-state index >= 15 is 0 Å². The lowest BCUT2D eigenvalue weighted by molar-refractivity contribution is 0.0601. The summed E-state index contributed by atoms with van der Waals surface area (Å²) >= 11 is 0. The number of hydrogen-bond donors (Lipinski definition) is 0. The van der Waals surface area contributed by atoms with Gasteiger partial charge in [0.2, 0.25) is 0 Å². The van der Waals surface area contributed by atoms with Crippen LogP contribution in [-0.2, 0) is 11.8 Å². The van der Waals surface area contributed by atoms with Crippen molar-refractivity contribution in [2.75, 3.05) is 7.11 Å². The van der Waals surface area contributed by atoms with E-state index < -0.39 is 0 Å². The van der Waals surface area contributed by atoms with E-state index in [9.17, 15) is 4.79 Å².